The quantitative estimate of drug-likeness (QED) is 0.876. The molecular weight excluding hydrogens is 293 g/mol. The van der Waals surface area contributed by atoms with E-state index in [0.717, 1.165) is 28.9 Å². The highest BCUT2D eigenvalue weighted by molar-refractivity contribution is 5.79. The van der Waals surface area contributed by atoms with Gasteiger partial charge in [-0.15, -0.1) is 0 Å². The minimum absolute atomic E-state index is 0.0486. The van der Waals surface area contributed by atoms with E-state index in [1.165, 1.54) is 12.1 Å². The molecule has 0 radical (unpaired) electrons. The predicted molar refractivity (Wildman–Crippen MR) is 89.0 cm³/mol. The van der Waals surface area contributed by atoms with E-state index in [1.807, 2.05) is 32.0 Å². The first-order valence-electron chi connectivity index (χ1n) is 7.71. The average Bonchev–Trinajstić information content (AvgIpc) is 2.54. The van der Waals surface area contributed by atoms with Crippen molar-refractivity contribution in [1.29, 1.82) is 0 Å². The van der Waals surface area contributed by atoms with Gasteiger partial charge in [0, 0.05) is 0 Å². The second-order valence-electron chi connectivity index (χ2n) is 5.56. The second-order valence-corrected chi connectivity index (χ2v) is 5.56. The lowest BCUT2D eigenvalue weighted by Crippen LogP contribution is -2.29. The van der Waals surface area contributed by atoms with Crippen molar-refractivity contribution < 1.29 is 13.9 Å². The lowest BCUT2D eigenvalue weighted by molar-refractivity contribution is -0.121. The lowest BCUT2D eigenvalue weighted by Gasteiger charge is -2.19. The van der Waals surface area contributed by atoms with Crippen molar-refractivity contribution in [3.8, 4) is 5.75 Å². The van der Waals surface area contributed by atoms with Crippen molar-refractivity contribution in [3.63, 3.8) is 0 Å². The summed E-state index contributed by atoms with van der Waals surface area (Å²) in [4.78, 5) is 12.2. The van der Waals surface area contributed by atoms with Gasteiger partial charge in [0.2, 0.25) is 5.91 Å². The molecule has 0 aromatic heterocycles. The van der Waals surface area contributed by atoms with Gasteiger partial charge in [0.25, 0.3) is 0 Å². The molecule has 0 fully saturated rings. The number of rotatable bonds is 6. The summed E-state index contributed by atoms with van der Waals surface area (Å²) >= 11 is 0. The van der Waals surface area contributed by atoms with Crippen LogP contribution in [0.1, 0.15) is 36.1 Å². The fraction of sp³-hybridized carbons (Fsp3) is 0.316. The van der Waals surface area contributed by atoms with Crippen LogP contribution in [0.15, 0.2) is 42.5 Å². The summed E-state index contributed by atoms with van der Waals surface area (Å²) in [5, 5.41) is 3.04. The van der Waals surface area contributed by atoms with Gasteiger partial charge in [-0.2, -0.15) is 0 Å². The van der Waals surface area contributed by atoms with Crippen LogP contribution in [0, 0.1) is 12.7 Å². The summed E-state index contributed by atoms with van der Waals surface area (Å²) in [7, 11) is 1.64. The summed E-state index contributed by atoms with van der Waals surface area (Å²) in [6, 6.07) is 11.9. The molecule has 0 aliphatic heterocycles. The molecule has 0 bridgehead atoms. The summed E-state index contributed by atoms with van der Waals surface area (Å²) < 4.78 is 18.2. The smallest absolute Gasteiger partial charge is 0.224 e. The predicted octanol–water partition coefficient (Wildman–Crippen LogP) is 3.95. The number of benzene rings is 2. The van der Waals surface area contributed by atoms with Crippen molar-refractivity contribution in [2.24, 2.45) is 0 Å². The molecule has 0 heterocycles. The number of hydrogen-bond acceptors (Lipinski definition) is 2. The highest BCUT2D eigenvalue weighted by atomic mass is 19.1. The van der Waals surface area contributed by atoms with E-state index in [-0.39, 0.29) is 24.2 Å². The Hall–Kier alpha value is -2.36. The normalized spacial score (nSPS) is 11.8. The van der Waals surface area contributed by atoms with Gasteiger partial charge in [-0.25, -0.2) is 4.39 Å². The molecule has 0 unspecified atom stereocenters. The third kappa shape index (κ3) is 4.55. The number of carbonyl (C=O) groups excluding carboxylic acids is 1. The summed E-state index contributed by atoms with van der Waals surface area (Å²) in [5.74, 6) is 0.465. The van der Waals surface area contributed by atoms with E-state index in [2.05, 4.69) is 5.32 Å². The average molecular weight is 315 g/mol. The Morgan fingerprint density at radius 1 is 1.22 bits per heavy atom. The van der Waals surface area contributed by atoms with E-state index < -0.39 is 0 Å². The number of methoxy groups -OCH3 is 1. The molecule has 1 N–H and O–H groups in total. The van der Waals surface area contributed by atoms with Gasteiger partial charge in [0.05, 0.1) is 19.6 Å². The number of aryl methyl sites for hydroxylation is 1. The summed E-state index contributed by atoms with van der Waals surface area (Å²) in [5.41, 5.74) is 2.89. The lowest BCUT2D eigenvalue weighted by atomic mass is 10.0. The topological polar surface area (TPSA) is 38.3 Å². The zero-order valence-electron chi connectivity index (χ0n) is 13.7. The van der Waals surface area contributed by atoms with Gasteiger partial charge >= 0.3 is 0 Å². The second kappa shape index (κ2) is 7.77. The fourth-order valence-corrected chi connectivity index (χ4v) is 2.57. The first-order valence-corrected chi connectivity index (χ1v) is 7.71. The zero-order valence-corrected chi connectivity index (χ0v) is 13.7. The van der Waals surface area contributed by atoms with Gasteiger partial charge < -0.3 is 10.1 Å². The largest absolute Gasteiger partial charge is 0.496 e. The standard InChI is InChI=1S/C19H22FNO2/c1-4-17(15-7-10-18(23-3)13(2)11-15)21-19(22)12-14-5-8-16(20)9-6-14/h5-11,17H,4,12H2,1-3H3,(H,21,22)/t17-/m1/s1. The molecule has 1 atom stereocenters. The van der Waals surface area contributed by atoms with Gasteiger partial charge in [0.1, 0.15) is 11.6 Å². The molecule has 23 heavy (non-hydrogen) atoms. The Labute approximate surface area is 136 Å². The highest BCUT2D eigenvalue weighted by Gasteiger charge is 2.14. The summed E-state index contributed by atoms with van der Waals surface area (Å²) in [6.45, 7) is 4.01. The first-order chi connectivity index (χ1) is 11.0. The number of amides is 1. The van der Waals surface area contributed by atoms with E-state index in [4.69, 9.17) is 4.74 Å². The molecule has 0 aliphatic rings. The monoisotopic (exact) mass is 315 g/mol. The Kier molecular flexibility index (Phi) is 5.74. The van der Waals surface area contributed by atoms with Crippen molar-refractivity contribution in [2.45, 2.75) is 32.7 Å². The van der Waals surface area contributed by atoms with Gasteiger partial charge in [-0.05, 0) is 48.2 Å². The third-order valence-corrected chi connectivity index (χ3v) is 3.84. The van der Waals surface area contributed by atoms with Crippen LogP contribution in [0.3, 0.4) is 0 Å². The van der Waals surface area contributed by atoms with Crippen LogP contribution in [0.2, 0.25) is 0 Å². The molecule has 122 valence electrons. The van der Waals surface area contributed by atoms with Gasteiger partial charge in [0.15, 0.2) is 0 Å². The SMILES string of the molecule is CC[C@@H](NC(=O)Cc1ccc(F)cc1)c1ccc(OC)c(C)c1. The van der Waals surface area contributed by atoms with Crippen LogP contribution in [-0.4, -0.2) is 13.0 Å². The molecule has 0 saturated heterocycles. The molecule has 2 rings (SSSR count). The minimum Gasteiger partial charge on any atom is -0.496 e. The van der Waals surface area contributed by atoms with E-state index in [1.54, 1.807) is 19.2 Å². The molecule has 2 aromatic rings. The van der Waals surface area contributed by atoms with E-state index >= 15 is 0 Å². The molecule has 0 aliphatic carbocycles. The molecule has 1 amide bonds. The molecule has 0 spiro atoms. The molecule has 3 nitrogen and oxygen atoms in total. The summed E-state index contributed by atoms with van der Waals surface area (Å²) in [6.07, 6.45) is 1.03. The Balaban J connectivity index is 2.05. The zero-order chi connectivity index (χ0) is 16.8. The van der Waals surface area contributed by atoms with Crippen LogP contribution in [0.5, 0.6) is 5.75 Å². The molecule has 2 aromatic carbocycles. The van der Waals surface area contributed by atoms with Crippen molar-refractivity contribution in [2.75, 3.05) is 7.11 Å². The van der Waals surface area contributed by atoms with Gasteiger partial charge in [-0.3, -0.25) is 4.79 Å². The van der Waals surface area contributed by atoms with Crippen LogP contribution in [0.4, 0.5) is 4.39 Å². The molecular formula is C19H22FNO2. The first kappa shape index (κ1) is 17.0. The third-order valence-electron chi connectivity index (χ3n) is 3.84. The van der Waals surface area contributed by atoms with Crippen LogP contribution >= 0.6 is 0 Å². The highest BCUT2D eigenvalue weighted by Crippen LogP contribution is 2.24. The molecule has 0 saturated carbocycles. The number of carbonyl (C=O) groups is 1. The maximum Gasteiger partial charge on any atom is 0.224 e. The number of halogens is 1. The van der Waals surface area contributed by atoms with Crippen LogP contribution < -0.4 is 10.1 Å². The number of nitrogens with one attached hydrogen (secondary N) is 1. The number of ether oxygens (including phenoxy) is 1. The minimum atomic E-state index is -0.297. The van der Waals surface area contributed by atoms with Crippen molar-refractivity contribution in [1.82, 2.24) is 5.32 Å². The Morgan fingerprint density at radius 3 is 2.48 bits per heavy atom. The van der Waals surface area contributed by atoms with Crippen LogP contribution in [0.25, 0.3) is 0 Å². The van der Waals surface area contributed by atoms with Crippen molar-refractivity contribution >= 4 is 5.91 Å². The Bertz CT molecular complexity index is 668. The van der Waals surface area contributed by atoms with Gasteiger partial charge in [-0.1, -0.05) is 31.2 Å². The number of hydrogen-bond donors (Lipinski definition) is 1. The molecule has 4 heteroatoms. The van der Waals surface area contributed by atoms with E-state index in [0.29, 0.717) is 0 Å². The van der Waals surface area contributed by atoms with Crippen molar-refractivity contribution in [3.05, 3.63) is 65.0 Å². The Morgan fingerprint density at radius 2 is 1.91 bits per heavy atom. The fourth-order valence-electron chi connectivity index (χ4n) is 2.57. The van der Waals surface area contributed by atoms with Crippen LogP contribution in [-0.2, 0) is 11.2 Å². The maximum atomic E-state index is 12.9. The van der Waals surface area contributed by atoms with E-state index in [9.17, 15) is 9.18 Å². The maximum absolute atomic E-state index is 12.9.